The molecule has 0 radical (unpaired) electrons. The Hall–Kier alpha value is -2.84. The zero-order valence-electron chi connectivity index (χ0n) is 14.9. The van der Waals surface area contributed by atoms with Gasteiger partial charge in [0.15, 0.2) is 0 Å². The number of hydrogen-bond acceptors (Lipinski definition) is 7. The van der Waals surface area contributed by atoms with Crippen molar-refractivity contribution in [3.05, 3.63) is 46.4 Å². The van der Waals surface area contributed by atoms with Gasteiger partial charge in [0.2, 0.25) is 5.88 Å². The highest BCUT2D eigenvalue weighted by molar-refractivity contribution is 8.18. The number of hydrogen-bond donors (Lipinski definition) is 1. The van der Waals surface area contributed by atoms with Gasteiger partial charge in [-0.15, -0.1) is 0 Å². The molecule has 1 N–H and O–H groups in total. The van der Waals surface area contributed by atoms with Gasteiger partial charge in [-0.1, -0.05) is 11.6 Å². The monoisotopic (exact) mass is 415 g/mol. The Labute approximate surface area is 169 Å². The number of thioether (sulfide) groups is 1. The highest BCUT2D eigenvalue weighted by Crippen LogP contribution is 2.35. The Morgan fingerprint density at radius 1 is 1.25 bits per heavy atom. The second kappa shape index (κ2) is 7.29. The van der Waals surface area contributed by atoms with Gasteiger partial charge in [-0.2, -0.15) is 0 Å². The fourth-order valence-corrected chi connectivity index (χ4v) is 3.56. The van der Waals surface area contributed by atoms with E-state index < -0.39 is 11.1 Å². The number of fused-ring (bicyclic) bond motifs is 1. The first-order valence-electron chi connectivity index (χ1n) is 8.35. The van der Waals surface area contributed by atoms with E-state index in [1.54, 1.807) is 30.7 Å². The first kappa shape index (κ1) is 18.5. The summed E-state index contributed by atoms with van der Waals surface area (Å²) < 4.78 is 11.5. The van der Waals surface area contributed by atoms with Gasteiger partial charge in [0.1, 0.15) is 16.4 Å². The molecule has 1 saturated heterocycles. The van der Waals surface area contributed by atoms with Crippen molar-refractivity contribution in [3.8, 4) is 17.0 Å². The Morgan fingerprint density at radius 2 is 2.07 bits per heavy atom. The second-order valence-corrected chi connectivity index (χ2v) is 7.71. The molecule has 0 saturated carbocycles. The lowest BCUT2D eigenvalue weighted by Crippen LogP contribution is -2.17. The maximum absolute atomic E-state index is 11.7. The number of imide groups is 1. The average molecular weight is 416 g/mol. The summed E-state index contributed by atoms with van der Waals surface area (Å²) in [6, 6.07) is 3.49. The van der Waals surface area contributed by atoms with Gasteiger partial charge in [0, 0.05) is 41.2 Å². The van der Waals surface area contributed by atoms with Crippen LogP contribution >= 0.6 is 23.4 Å². The maximum atomic E-state index is 11.7. The van der Waals surface area contributed by atoms with Crippen LogP contribution in [-0.4, -0.2) is 27.2 Å². The molecular formula is C19H14ClN3O4S. The number of aromatic nitrogens is 2. The highest BCUT2D eigenvalue weighted by atomic mass is 35.5. The first-order chi connectivity index (χ1) is 13.4. The lowest BCUT2D eigenvalue weighted by atomic mass is 10.1. The van der Waals surface area contributed by atoms with Crippen LogP contribution in [0.2, 0.25) is 5.02 Å². The summed E-state index contributed by atoms with van der Waals surface area (Å²) in [4.78, 5) is 31.8. The zero-order chi connectivity index (χ0) is 19.8. The van der Waals surface area contributed by atoms with Gasteiger partial charge in [0.05, 0.1) is 11.0 Å². The molecule has 0 aliphatic carbocycles. The summed E-state index contributed by atoms with van der Waals surface area (Å²) in [5, 5.41) is 2.94. The van der Waals surface area contributed by atoms with Crippen molar-refractivity contribution in [1.29, 1.82) is 0 Å². The van der Waals surface area contributed by atoms with E-state index in [0.29, 0.717) is 27.8 Å². The molecule has 1 aliphatic rings. The Bertz CT molecular complexity index is 1140. The standard InChI is InChI=1S/C19H14ClN3O4S/c1-9(2)26-18-14(20)4-10(7-22-18)13-8-21-6-11-3-12(27-16(11)13)5-15-17(24)23-19(25)28-15/h3-9H,1-2H3,(H,23,24,25)/b15-5-. The summed E-state index contributed by atoms with van der Waals surface area (Å²) >= 11 is 7.13. The van der Waals surface area contributed by atoms with E-state index in [9.17, 15) is 9.59 Å². The van der Waals surface area contributed by atoms with E-state index in [4.69, 9.17) is 20.8 Å². The molecule has 1 aliphatic heterocycles. The average Bonchev–Trinajstić information content (AvgIpc) is 3.18. The minimum absolute atomic E-state index is 0.0424. The largest absolute Gasteiger partial charge is 0.474 e. The summed E-state index contributed by atoms with van der Waals surface area (Å²) in [5.74, 6) is 0.361. The van der Waals surface area contributed by atoms with Crippen molar-refractivity contribution in [2.75, 3.05) is 0 Å². The third-order valence-corrected chi connectivity index (χ3v) is 4.90. The molecule has 2 amide bonds. The second-order valence-electron chi connectivity index (χ2n) is 6.28. The lowest BCUT2D eigenvalue weighted by Gasteiger charge is -2.11. The van der Waals surface area contributed by atoms with Crippen molar-refractivity contribution >= 4 is 51.6 Å². The van der Waals surface area contributed by atoms with Gasteiger partial charge in [-0.25, -0.2) is 4.98 Å². The van der Waals surface area contributed by atoms with Gasteiger partial charge >= 0.3 is 0 Å². The number of ether oxygens (including phenoxy) is 1. The molecule has 28 heavy (non-hydrogen) atoms. The summed E-state index contributed by atoms with van der Waals surface area (Å²) in [7, 11) is 0. The van der Waals surface area contributed by atoms with Gasteiger partial charge in [-0.3, -0.25) is 19.9 Å². The van der Waals surface area contributed by atoms with E-state index in [1.165, 1.54) is 6.08 Å². The summed E-state index contributed by atoms with van der Waals surface area (Å²) in [6.07, 6.45) is 6.43. The van der Waals surface area contributed by atoms with Crippen LogP contribution in [0.25, 0.3) is 28.2 Å². The van der Waals surface area contributed by atoms with E-state index in [-0.39, 0.29) is 11.0 Å². The molecule has 0 aromatic carbocycles. The van der Waals surface area contributed by atoms with Crippen molar-refractivity contribution in [2.24, 2.45) is 0 Å². The fourth-order valence-electron chi connectivity index (χ4n) is 2.69. The topological polar surface area (TPSA) is 94.3 Å². The minimum atomic E-state index is -0.439. The van der Waals surface area contributed by atoms with E-state index in [1.807, 2.05) is 13.8 Å². The molecule has 3 aromatic heterocycles. The van der Waals surface area contributed by atoms with Gasteiger partial charge in [0.25, 0.3) is 11.1 Å². The van der Waals surface area contributed by atoms with Crippen LogP contribution in [0.3, 0.4) is 0 Å². The van der Waals surface area contributed by atoms with Crippen LogP contribution in [0.4, 0.5) is 4.79 Å². The quantitative estimate of drug-likeness (QED) is 0.619. The molecule has 0 unspecified atom stereocenters. The third-order valence-electron chi connectivity index (χ3n) is 3.82. The van der Waals surface area contributed by atoms with Crippen molar-refractivity contribution in [2.45, 2.75) is 20.0 Å². The van der Waals surface area contributed by atoms with E-state index in [0.717, 1.165) is 22.7 Å². The number of rotatable bonds is 4. The van der Waals surface area contributed by atoms with Crippen molar-refractivity contribution in [1.82, 2.24) is 15.3 Å². The number of carbonyl (C=O) groups is 2. The van der Waals surface area contributed by atoms with Crippen LogP contribution in [0.15, 0.2) is 40.0 Å². The van der Waals surface area contributed by atoms with E-state index in [2.05, 4.69) is 15.3 Å². The van der Waals surface area contributed by atoms with Crippen molar-refractivity contribution < 1.29 is 18.7 Å². The molecule has 0 bridgehead atoms. The molecule has 3 aromatic rings. The molecule has 4 heterocycles. The summed E-state index contributed by atoms with van der Waals surface area (Å²) in [5.41, 5.74) is 2.00. The van der Waals surface area contributed by atoms with E-state index >= 15 is 0 Å². The highest BCUT2D eigenvalue weighted by Gasteiger charge is 2.25. The van der Waals surface area contributed by atoms with Crippen LogP contribution in [0, 0.1) is 0 Å². The Morgan fingerprint density at radius 3 is 2.75 bits per heavy atom. The SMILES string of the molecule is CC(C)Oc1ncc(-c2cncc3cc(/C=C4\SC(=O)NC4=O)oc23)cc1Cl. The first-order valence-corrected chi connectivity index (χ1v) is 9.55. The van der Waals surface area contributed by atoms with Crippen LogP contribution in [0.5, 0.6) is 5.88 Å². The summed E-state index contributed by atoms with van der Waals surface area (Å²) in [6.45, 7) is 3.79. The molecule has 142 valence electrons. The molecular weight excluding hydrogens is 402 g/mol. The van der Waals surface area contributed by atoms with Crippen LogP contribution < -0.4 is 10.1 Å². The van der Waals surface area contributed by atoms with Crippen LogP contribution in [-0.2, 0) is 4.79 Å². The van der Waals surface area contributed by atoms with Gasteiger partial charge in [-0.05, 0) is 37.7 Å². The zero-order valence-corrected chi connectivity index (χ0v) is 16.4. The lowest BCUT2D eigenvalue weighted by molar-refractivity contribution is -0.115. The maximum Gasteiger partial charge on any atom is 0.290 e. The number of halogens is 1. The molecule has 0 atom stereocenters. The molecule has 1 fully saturated rings. The molecule has 9 heteroatoms. The Balaban J connectivity index is 1.74. The van der Waals surface area contributed by atoms with Crippen LogP contribution in [0.1, 0.15) is 19.6 Å². The molecule has 0 spiro atoms. The number of nitrogens with one attached hydrogen (secondary N) is 1. The number of amides is 2. The third kappa shape index (κ3) is 3.61. The number of furan rings is 1. The predicted octanol–water partition coefficient (Wildman–Crippen LogP) is 4.65. The van der Waals surface area contributed by atoms with Crippen molar-refractivity contribution in [3.63, 3.8) is 0 Å². The molecule has 7 nitrogen and oxygen atoms in total. The normalized spacial score (nSPS) is 15.6. The fraction of sp³-hybridized carbons (Fsp3) is 0.158. The number of nitrogens with zero attached hydrogens (tertiary/aromatic N) is 2. The predicted molar refractivity (Wildman–Crippen MR) is 107 cm³/mol. The Kier molecular flexibility index (Phi) is 4.82. The minimum Gasteiger partial charge on any atom is -0.474 e. The molecule has 4 rings (SSSR count). The smallest absolute Gasteiger partial charge is 0.290 e. The van der Waals surface area contributed by atoms with Gasteiger partial charge < -0.3 is 9.15 Å². The number of pyridine rings is 2. The number of carbonyl (C=O) groups excluding carboxylic acids is 2.